The van der Waals surface area contributed by atoms with Crippen LogP contribution in [-0.4, -0.2) is 18.0 Å². The van der Waals surface area contributed by atoms with Crippen molar-refractivity contribution in [3.63, 3.8) is 0 Å². The number of hydrogen-bond donors (Lipinski definition) is 1. The number of nitrogens with zero attached hydrogens (tertiary/aromatic N) is 1. The van der Waals surface area contributed by atoms with Gasteiger partial charge in [0, 0.05) is 18.3 Å². The van der Waals surface area contributed by atoms with Gasteiger partial charge in [-0.25, -0.2) is 0 Å². The molecule has 1 aromatic carbocycles. The highest BCUT2D eigenvalue weighted by Gasteiger charge is 2.31. The van der Waals surface area contributed by atoms with Gasteiger partial charge >= 0.3 is 0 Å². The number of hydrogen-bond acceptors (Lipinski definition) is 2. The number of likely N-dealkylation sites (tertiary alicyclic amines) is 1. The Labute approximate surface area is 97.4 Å². The van der Waals surface area contributed by atoms with Crippen LogP contribution in [0.4, 0.5) is 5.69 Å². The molecule has 1 aromatic rings. The van der Waals surface area contributed by atoms with Gasteiger partial charge in [-0.15, -0.1) is 0 Å². The zero-order valence-electron chi connectivity index (χ0n) is 9.95. The minimum Gasteiger partial charge on any atom is -0.399 e. The molecule has 1 aliphatic heterocycles. The second kappa shape index (κ2) is 3.77. The van der Waals surface area contributed by atoms with E-state index in [9.17, 15) is 0 Å². The maximum atomic E-state index is 5.84. The van der Waals surface area contributed by atoms with Gasteiger partial charge in [0.1, 0.15) is 0 Å². The Kier molecular flexibility index (Phi) is 2.40. The Morgan fingerprint density at radius 1 is 1.31 bits per heavy atom. The molecule has 2 unspecified atom stereocenters. The number of nitrogens with two attached hydrogens (primary N) is 1. The van der Waals surface area contributed by atoms with Crippen LogP contribution in [0.25, 0.3) is 0 Å². The molecule has 2 N–H and O–H groups in total. The molecule has 2 heteroatoms. The number of rotatable bonds is 1. The summed E-state index contributed by atoms with van der Waals surface area (Å²) in [6, 6.07) is 7.12. The van der Waals surface area contributed by atoms with E-state index in [1.54, 1.807) is 0 Å². The van der Waals surface area contributed by atoms with Crippen LogP contribution in [0, 0.1) is 5.92 Å². The number of benzene rings is 1. The summed E-state index contributed by atoms with van der Waals surface area (Å²) in [6.07, 6.45) is 3.85. The molecule has 1 aliphatic carbocycles. The highest BCUT2D eigenvalue weighted by Crippen LogP contribution is 2.38. The average Bonchev–Trinajstić information content (AvgIpc) is 2.83. The minimum atomic E-state index is 0.667. The topological polar surface area (TPSA) is 29.3 Å². The molecule has 1 fully saturated rings. The van der Waals surface area contributed by atoms with Gasteiger partial charge in [-0.1, -0.05) is 13.0 Å². The van der Waals surface area contributed by atoms with E-state index in [1.165, 1.54) is 43.5 Å². The van der Waals surface area contributed by atoms with E-state index in [0.717, 1.165) is 11.6 Å². The molecule has 0 bridgehead atoms. The maximum absolute atomic E-state index is 5.84. The quantitative estimate of drug-likeness (QED) is 0.731. The van der Waals surface area contributed by atoms with Gasteiger partial charge in [0.2, 0.25) is 0 Å². The first-order chi connectivity index (χ1) is 7.74. The van der Waals surface area contributed by atoms with Crippen LogP contribution in [0.3, 0.4) is 0 Å². The molecule has 86 valence electrons. The molecule has 16 heavy (non-hydrogen) atoms. The largest absolute Gasteiger partial charge is 0.399 e. The Morgan fingerprint density at radius 3 is 2.94 bits per heavy atom. The summed E-state index contributed by atoms with van der Waals surface area (Å²) in [5.41, 5.74) is 9.76. The Morgan fingerprint density at radius 2 is 2.19 bits per heavy atom. The van der Waals surface area contributed by atoms with Crippen molar-refractivity contribution in [2.45, 2.75) is 32.2 Å². The summed E-state index contributed by atoms with van der Waals surface area (Å²) in [4.78, 5) is 2.66. The summed E-state index contributed by atoms with van der Waals surface area (Å²) in [6.45, 7) is 4.91. The van der Waals surface area contributed by atoms with Gasteiger partial charge in [-0.2, -0.15) is 0 Å². The molecule has 1 saturated heterocycles. The molecule has 0 amide bonds. The smallest absolute Gasteiger partial charge is 0.0354 e. The predicted molar refractivity (Wildman–Crippen MR) is 67.3 cm³/mol. The van der Waals surface area contributed by atoms with E-state index in [2.05, 4.69) is 30.0 Å². The number of nitrogen functional groups attached to an aromatic ring is 1. The molecule has 0 radical (unpaired) electrons. The zero-order chi connectivity index (χ0) is 11.1. The van der Waals surface area contributed by atoms with Gasteiger partial charge in [0.05, 0.1) is 0 Å². The molecule has 2 aliphatic rings. The molecule has 0 saturated carbocycles. The third kappa shape index (κ3) is 1.61. The van der Waals surface area contributed by atoms with Crippen LogP contribution in [0.5, 0.6) is 0 Å². The predicted octanol–water partition coefficient (Wildman–Crippen LogP) is 2.60. The van der Waals surface area contributed by atoms with Gasteiger partial charge < -0.3 is 5.73 Å². The number of aryl methyl sites for hydroxylation is 1. The third-order valence-corrected chi connectivity index (χ3v) is 4.11. The monoisotopic (exact) mass is 216 g/mol. The summed E-state index contributed by atoms with van der Waals surface area (Å²) >= 11 is 0. The van der Waals surface area contributed by atoms with Crippen LogP contribution in [-0.2, 0) is 6.42 Å². The molecular weight excluding hydrogens is 196 g/mol. The minimum absolute atomic E-state index is 0.667. The van der Waals surface area contributed by atoms with Gasteiger partial charge in [0.25, 0.3) is 0 Å². The van der Waals surface area contributed by atoms with Crippen molar-refractivity contribution in [1.82, 2.24) is 4.90 Å². The Balaban J connectivity index is 1.86. The number of anilines is 1. The van der Waals surface area contributed by atoms with E-state index in [1.807, 2.05) is 0 Å². The highest BCUT2D eigenvalue weighted by atomic mass is 15.2. The second-order valence-corrected chi connectivity index (χ2v) is 5.40. The van der Waals surface area contributed by atoms with Crippen molar-refractivity contribution in [3.05, 3.63) is 29.3 Å². The molecule has 2 atom stereocenters. The van der Waals surface area contributed by atoms with Gasteiger partial charge in [-0.3, -0.25) is 4.90 Å². The van der Waals surface area contributed by atoms with Gasteiger partial charge in [0.15, 0.2) is 0 Å². The summed E-state index contributed by atoms with van der Waals surface area (Å²) < 4.78 is 0. The first-order valence-corrected chi connectivity index (χ1v) is 6.36. The zero-order valence-corrected chi connectivity index (χ0v) is 9.95. The van der Waals surface area contributed by atoms with Crippen molar-refractivity contribution < 1.29 is 0 Å². The molecular formula is C14H20N2. The van der Waals surface area contributed by atoms with Crippen molar-refractivity contribution in [3.8, 4) is 0 Å². The first kappa shape index (κ1) is 10.2. The Bertz CT molecular complexity index is 400. The van der Waals surface area contributed by atoms with Crippen molar-refractivity contribution in [2.75, 3.05) is 18.8 Å². The summed E-state index contributed by atoms with van der Waals surface area (Å²) in [5, 5.41) is 0. The van der Waals surface area contributed by atoms with Crippen molar-refractivity contribution in [2.24, 2.45) is 5.92 Å². The van der Waals surface area contributed by atoms with Crippen LogP contribution in [0.15, 0.2) is 18.2 Å². The standard InChI is InChI=1S/C14H20N2/c1-10-6-7-16(9-10)14-5-2-11-8-12(15)3-4-13(11)14/h3-4,8,10,14H,2,5-7,9,15H2,1H3. The van der Waals surface area contributed by atoms with E-state index >= 15 is 0 Å². The number of fused-ring (bicyclic) bond motifs is 1. The van der Waals surface area contributed by atoms with E-state index in [4.69, 9.17) is 5.73 Å². The highest BCUT2D eigenvalue weighted by molar-refractivity contribution is 5.47. The van der Waals surface area contributed by atoms with Crippen molar-refractivity contribution in [1.29, 1.82) is 0 Å². The molecule has 3 rings (SSSR count). The van der Waals surface area contributed by atoms with E-state index in [-0.39, 0.29) is 0 Å². The lowest BCUT2D eigenvalue weighted by Crippen LogP contribution is -2.24. The molecule has 2 nitrogen and oxygen atoms in total. The van der Waals surface area contributed by atoms with Crippen LogP contribution >= 0.6 is 0 Å². The normalized spacial score (nSPS) is 29.6. The summed E-state index contributed by atoms with van der Waals surface area (Å²) in [5.74, 6) is 0.873. The van der Waals surface area contributed by atoms with Crippen LogP contribution < -0.4 is 5.73 Å². The lowest BCUT2D eigenvalue weighted by Gasteiger charge is -2.24. The summed E-state index contributed by atoms with van der Waals surface area (Å²) in [7, 11) is 0. The fourth-order valence-corrected chi connectivity index (χ4v) is 3.25. The van der Waals surface area contributed by atoms with Crippen molar-refractivity contribution >= 4 is 5.69 Å². The SMILES string of the molecule is CC1CCN(C2CCc3cc(N)ccc32)C1. The second-order valence-electron chi connectivity index (χ2n) is 5.40. The maximum Gasteiger partial charge on any atom is 0.0354 e. The lowest BCUT2D eigenvalue weighted by atomic mass is 10.1. The Hall–Kier alpha value is -1.02. The molecule has 0 spiro atoms. The molecule has 1 heterocycles. The van der Waals surface area contributed by atoms with Gasteiger partial charge in [-0.05, 0) is 55.0 Å². The fraction of sp³-hybridized carbons (Fsp3) is 0.571. The fourth-order valence-electron chi connectivity index (χ4n) is 3.25. The van der Waals surface area contributed by atoms with E-state index in [0.29, 0.717) is 6.04 Å². The van der Waals surface area contributed by atoms with E-state index < -0.39 is 0 Å². The third-order valence-electron chi connectivity index (χ3n) is 4.11. The average molecular weight is 216 g/mol. The molecule has 0 aromatic heterocycles. The van der Waals surface area contributed by atoms with Crippen LogP contribution in [0.1, 0.15) is 36.9 Å². The van der Waals surface area contributed by atoms with Crippen LogP contribution in [0.2, 0.25) is 0 Å². The lowest BCUT2D eigenvalue weighted by molar-refractivity contribution is 0.238. The first-order valence-electron chi connectivity index (χ1n) is 6.36.